The second-order valence-electron chi connectivity index (χ2n) is 19.6. The fourth-order valence-electron chi connectivity index (χ4n) is 7.38. The molecule has 6 saturated heterocycles. The number of ether oxygens (including phenoxy) is 1. The van der Waals surface area contributed by atoms with Gasteiger partial charge in [-0.2, -0.15) is 0 Å². The molecule has 0 amide bonds. The van der Waals surface area contributed by atoms with E-state index in [2.05, 4.69) is 22.0 Å². The molecule has 0 bridgehead atoms. The third-order valence-electron chi connectivity index (χ3n) is 12.3. The summed E-state index contributed by atoms with van der Waals surface area (Å²) in [6.07, 6.45) is 6.96. The number of aliphatic hydroxyl groups is 2. The number of guanidine groups is 8. The molecule has 2 atom stereocenters. The van der Waals surface area contributed by atoms with Crippen LogP contribution in [0.1, 0.15) is 44.9 Å². The number of nitrogens with zero attached hydrogens (tertiary/aromatic N) is 17. The van der Waals surface area contributed by atoms with Crippen molar-refractivity contribution in [3.8, 4) is 0 Å². The molecule has 468 valence electrons. The Morgan fingerprint density at radius 3 is 1.04 bits per heavy atom. The summed E-state index contributed by atoms with van der Waals surface area (Å²) in [5, 5.41) is 75.4. The minimum atomic E-state index is -0.296. The summed E-state index contributed by atoms with van der Waals surface area (Å²) < 4.78 is 5.13. The maximum Gasteiger partial charge on any atom is 0.213 e. The number of hydrazine groups is 7. The molecule has 6 rings (SSSR count). The fourth-order valence-corrected chi connectivity index (χ4v) is 7.38. The largest absolute Gasteiger partial charge is 0.391 e. The third kappa shape index (κ3) is 32.6. The number of piperidine rings is 1. The lowest BCUT2D eigenvalue weighted by Gasteiger charge is -2.35. The summed E-state index contributed by atoms with van der Waals surface area (Å²) >= 11 is 0. The van der Waals surface area contributed by atoms with Gasteiger partial charge in [0.1, 0.15) is 0 Å². The van der Waals surface area contributed by atoms with Gasteiger partial charge in [-0.1, -0.05) is 0 Å². The van der Waals surface area contributed by atoms with E-state index in [1.165, 1.54) is 67.2 Å². The Kier molecular flexibility index (Phi) is 39.2. The molecule has 6 heterocycles. The van der Waals surface area contributed by atoms with Crippen LogP contribution in [0.2, 0.25) is 0 Å². The first kappa shape index (κ1) is 75.6. The molecule has 36 nitrogen and oxygen atoms in total. The van der Waals surface area contributed by atoms with Crippen LogP contribution in [0, 0.1) is 32.5 Å². The summed E-state index contributed by atoms with van der Waals surface area (Å²) in [7, 11) is 18.8. The van der Waals surface area contributed by atoms with Crippen molar-refractivity contribution in [2.45, 2.75) is 57.2 Å². The SMILES string of the molecule is CN(C)C(=N)N(C)N.CN(N)C(=N)N1CCC(O)C1.CN(N)C(=N)N1CCCC1.CN(N)C(=N)N1CCCCC1.CN(N)C(=N)N1CCOCC1.CN1CCN(C(=N)N(C)N)CC1.CN=C(N)N(C)N.NN=C(N)N1CCC(O)C1. The van der Waals surface area contributed by atoms with Crippen molar-refractivity contribution in [2.75, 3.05) is 182 Å². The molecule has 6 fully saturated rings. The van der Waals surface area contributed by atoms with Crippen molar-refractivity contribution in [1.29, 1.82) is 32.5 Å². The number of rotatable bonds is 0. The van der Waals surface area contributed by atoms with Crippen LogP contribution in [0.4, 0.5) is 0 Å². The van der Waals surface area contributed by atoms with Gasteiger partial charge in [-0.25, -0.2) is 40.9 Å². The molecule has 0 saturated carbocycles. The number of aliphatic hydroxyl groups excluding tert-OH is 2. The van der Waals surface area contributed by atoms with E-state index in [9.17, 15) is 0 Å². The normalized spacial score (nSPS) is 18.7. The van der Waals surface area contributed by atoms with E-state index in [-0.39, 0.29) is 18.2 Å². The van der Waals surface area contributed by atoms with Gasteiger partial charge in [0, 0.05) is 162 Å². The van der Waals surface area contributed by atoms with Gasteiger partial charge in [-0.15, -0.1) is 5.10 Å². The molecule has 36 heteroatoms. The molecule has 2 unspecified atom stereocenters. The van der Waals surface area contributed by atoms with Gasteiger partial charge in [0.25, 0.3) is 0 Å². The number of hydrogen-bond acceptors (Lipinski definition) is 20. The number of morpholine rings is 1. The highest BCUT2D eigenvalue weighted by molar-refractivity contribution is 5.79. The third-order valence-corrected chi connectivity index (χ3v) is 12.3. The number of aliphatic imine (C=N–C) groups is 1. The van der Waals surface area contributed by atoms with E-state index in [1.807, 2.05) is 19.6 Å². The minimum absolute atomic E-state index is 0.265. The Hall–Kier alpha value is -6.48. The maximum atomic E-state index is 9.13. The van der Waals surface area contributed by atoms with Gasteiger partial charge in [-0.05, 0) is 52.0 Å². The molecule has 6 aliphatic heterocycles. The summed E-state index contributed by atoms with van der Waals surface area (Å²) in [5.41, 5.74) is 10.5. The van der Waals surface area contributed by atoms with E-state index in [1.54, 1.807) is 85.2 Å². The number of likely N-dealkylation sites (N-methyl/N-ethyl adjacent to an activating group) is 1. The highest BCUT2D eigenvalue weighted by Crippen LogP contribution is 2.11. The van der Waals surface area contributed by atoms with Crippen LogP contribution in [0.3, 0.4) is 0 Å². The van der Waals surface area contributed by atoms with Crippen LogP contribution >= 0.6 is 0 Å². The second kappa shape index (κ2) is 41.5. The predicted octanol–water partition coefficient (Wildman–Crippen LogP) is -6.87. The lowest BCUT2D eigenvalue weighted by Crippen LogP contribution is -2.53. The minimum Gasteiger partial charge on any atom is -0.391 e. The maximum absolute atomic E-state index is 9.13. The van der Waals surface area contributed by atoms with Gasteiger partial charge >= 0.3 is 0 Å². The highest BCUT2D eigenvalue weighted by Gasteiger charge is 2.24. The van der Waals surface area contributed by atoms with Crippen LogP contribution in [-0.4, -0.2) is 327 Å². The molecule has 28 N–H and O–H groups in total. The van der Waals surface area contributed by atoms with Crippen LogP contribution in [0.25, 0.3) is 0 Å². The monoisotopic (exact) mass is 1150 g/mol. The van der Waals surface area contributed by atoms with E-state index >= 15 is 0 Å². The van der Waals surface area contributed by atoms with Crippen molar-refractivity contribution in [3.05, 3.63) is 0 Å². The molecule has 0 aromatic carbocycles. The Morgan fingerprint density at radius 1 is 0.450 bits per heavy atom. The second-order valence-corrected chi connectivity index (χ2v) is 19.6. The van der Waals surface area contributed by atoms with Gasteiger partial charge in [-0.3, -0.25) is 72.5 Å². The fraction of sp³-hybridized carbons (Fsp3) is 0.818. The Bertz CT molecular complexity index is 1720. The van der Waals surface area contributed by atoms with Crippen molar-refractivity contribution >= 4 is 47.7 Å². The molecule has 0 aliphatic carbocycles. The van der Waals surface area contributed by atoms with Crippen molar-refractivity contribution in [3.63, 3.8) is 0 Å². The number of hydrazone groups is 1. The predicted molar refractivity (Wildman–Crippen MR) is 319 cm³/mol. The molecule has 0 spiro atoms. The lowest BCUT2D eigenvalue weighted by atomic mass is 10.1. The lowest BCUT2D eigenvalue weighted by molar-refractivity contribution is 0.0626. The smallest absolute Gasteiger partial charge is 0.213 e. The summed E-state index contributed by atoms with van der Waals surface area (Å²) in [6, 6.07) is 0. The number of β-amino-alcohol motifs (C(OH)–C–C–N with tert-alkyl or cyclic N) is 2. The van der Waals surface area contributed by atoms with Crippen molar-refractivity contribution in [2.24, 2.45) is 68.3 Å². The van der Waals surface area contributed by atoms with Crippen LogP contribution < -0.4 is 58.2 Å². The van der Waals surface area contributed by atoms with E-state index in [0.29, 0.717) is 68.0 Å². The molecule has 0 aromatic rings. The number of hydrogen-bond donors (Lipinski definition) is 18. The van der Waals surface area contributed by atoms with Crippen LogP contribution in [0.5, 0.6) is 0 Å². The zero-order chi connectivity index (χ0) is 61.8. The van der Waals surface area contributed by atoms with Crippen molar-refractivity contribution in [1.82, 2.24) is 74.3 Å². The first-order valence-corrected chi connectivity index (χ1v) is 26.3. The zero-order valence-corrected chi connectivity index (χ0v) is 50.1. The quantitative estimate of drug-likeness (QED) is 0.0464. The highest BCUT2D eigenvalue weighted by atomic mass is 16.5. The van der Waals surface area contributed by atoms with E-state index in [4.69, 9.17) is 106 Å². The van der Waals surface area contributed by atoms with E-state index in [0.717, 1.165) is 91.4 Å². The average molecular weight is 1150 g/mol. The van der Waals surface area contributed by atoms with Crippen LogP contribution in [0.15, 0.2) is 10.1 Å². The summed E-state index contributed by atoms with van der Waals surface area (Å²) in [4.78, 5) is 18.8. The van der Waals surface area contributed by atoms with E-state index < -0.39 is 0 Å². The number of nitrogens with two attached hydrogens (primary N) is 10. The molecule has 6 aliphatic rings. The van der Waals surface area contributed by atoms with Gasteiger partial charge in [0.2, 0.25) is 47.7 Å². The van der Waals surface area contributed by atoms with Crippen molar-refractivity contribution < 1.29 is 14.9 Å². The zero-order valence-electron chi connectivity index (χ0n) is 50.1. The molecular formula is C44H109N33O3. The molecule has 80 heavy (non-hydrogen) atoms. The Morgan fingerprint density at radius 2 is 0.775 bits per heavy atom. The standard InChI is InChI=1S/C7H17N5.C7H16N4.2C6H14N4O.C6H14N4.C5H12N4O.C4H12N4.C3H10N4/c1-10-3-5-12(6-4-10)7(8)11(2)9;1-10(9)7(8)11-5-3-2-4-6-11;1-9(8)6(7)10-2-4-11-5-3-10;1-9(8)6(7)10-3-2-5(11)4-10;1-9(8)6(7)10-4-2-3-5-10;6-5(8-7)9-2-1-4(10)3-9;1-7(2)4(5)8(3)6;1-6-3(4)7(2)5/h8H,3-6,9H2,1-2H3;8H,2-6,9H2,1H3;7H,2-5,8H2,1H3;5,7,11H,2-4,8H2,1H3;7H,2-5,8H2,1H3;4,10H,1-3,7H2,(H2,6,8);5H,6H2,1-3H3;5H2,1-2H3,(H2,4,6). The average Bonchev–Trinajstić information content (AvgIpc) is 4.24. The first-order valence-electron chi connectivity index (χ1n) is 26.3. The molecule has 0 aromatic heterocycles. The summed E-state index contributed by atoms with van der Waals surface area (Å²) in [5.74, 6) is 45.1. The Balaban J connectivity index is 0. The van der Waals surface area contributed by atoms with Crippen LogP contribution in [-0.2, 0) is 4.74 Å². The number of piperazine rings is 1. The van der Waals surface area contributed by atoms with Gasteiger partial charge in [0.15, 0.2) is 0 Å². The first-order chi connectivity index (χ1) is 37.3. The topological polar surface area (TPSA) is 526 Å². The summed E-state index contributed by atoms with van der Waals surface area (Å²) in [6.45, 7) is 13.2. The molecule has 0 radical (unpaired) electrons. The number of nitrogens with one attached hydrogen (secondary N) is 6. The number of likely N-dealkylation sites (tertiary alicyclic amines) is 4. The Labute approximate surface area is 476 Å². The van der Waals surface area contributed by atoms with Gasteiger partial charge in [0.05, 0.1) is 25.4 Å². The van der Waals surface area contributed by atoms with Gasteiger partial charge < -0.3 is 71.5 Å². The molecular weight excluding hydrogens is 1040 g/mol.